The SMILES string of the molecule is O=C(OF)c1ccc(CCOc2cc(Cl)ccc2Cl)cc1. The van der Waals surface area contributed by atoms with Crippen LogP contribution in [-0.4, -0.2) is 12.6 Å². The van der Waals surface area contributed by atoms with E-state index in [0.29, 0.717) is 28.8 Å². The standard InChI is InChI=1S/C15H11Cl2FO3/c16-12-5-6-13(17)14(9-12)20-8-7-10-1-3-11(4-2-10)15(19)21-18/h1-6,9H,7-8H2. The lowest BCUT2D eigenvalue weighted by atomic mass is 10.1. The van der Waals surface area contributed by atoms with Crippen LogP contribution in [-0.2, 0) is 11.4 Å². The molecule has 2 aromatic carbocycles. The van der Waals surface area contributed by atoms with E-state index >= 15 is 0 Å². The Morgan fingerprint density at radius 1 is 1.10 bits per heavy atom. The van der Waals surface area contributed by atoms with E-state index in [4.69, 9.17) is 27.9 Å². The molecule has 0 bridgehead atoms. The average molecular weight is 329 g/mol. The maximum Gasteiger partial charge on any atom is 0.379 e. The van der Waals surface area contributed by atoms with Gasteiger partial charge in [-0.3, -0.25) is 0 Å². The second kappa shape index (κ2) is 7.29. The van der Waals surface area contributed by atoms with Gasteiger partial charge in [-0.05, 0) is 29.8 Å². The van der Waals surface area contributed by atoms with Crippen LogP contribution in [0.4, 0.5) is 4.53 Å². The fourth-order valence-electron chi connectivity index (χ4n) is 1.72. The van der Waals surface area contributed by atoms with Gasteiger partial charge in [0, 0.05) is 22.0 Å². The Hall–Kier alpha value is -1.78. The van der Waals surface area contributed by atoms with Gasteiger partial charge in [-0.25, -0.2) is 9.74 Å². The molecule has 110 valence electrons. The maximum atomic E-state index is 11.7. The Labute approximate surface area is 131 Å². The number of hydrogen-bond donors (Lipinski definition) is 0. The van der Waals surface area contributed by atoms with E-state index in [1.807, 2.05) is 0 Å². The first-order valence-electron chi connectivity index (χ1n) is 6.10. The Morgan fingerprint density at radius 2 is 1.81 bits per heavy atom. The molecule has 0 amide bonds. The van der Waals surface area contributed by atoms with Crippen molar-refractivity contribution in [2.24, 2.45) is 0 Å². The van der Waals surface area contributed by atoms with E-state index in [2.05, 4.69) is 4.94 Å². The van der Waals surface area contributed by atoms with Crippen molar-refractivity contribution in [3.8, 4) is 5.75 Å². The van der Waals surface area contributed by atoms with Crippen molar-refractivity contribution in [1.82, 2.24) is 0 Å². The lowest BCUT2D eigenvalue weighted by Crippen LogP contribution is -2.03. The molecule has 0 aliphatic rings. The molecule has 0 radical (unpaired) electrons. The number of hydrogen-bond acceptors (Lipinski definition) is 3. The molecule has 0 aromatic heterocycles. The summed E-state index contributed by atoms with van der Waals surface area (Å²) in [6.45, 7) is 0.396. The maximum absolute atomic E-state index is 11.7. The molecule has 0 N–H and O–H groups in total. The normalized spacial score (nSPS) is 10.2. The van der Waals surface area contributed by atoms with Crippen molar-refractivity contribution >= 4 is 29.2 Å². The predicted octanol–water partition coefficient (Wildman–Crippen LogP) is 4.66. The summed E-state index contributed by atoms with van der Waals surface area (Å²) in [6, 6.07) is 11.4. The zero-order valence-corrected chi connectivity index (χ0v) is 12.3. The summed E-state index contributed by atoms with van der Waals surface area (Å²) in [5.41, 5.74) is 1.09. The van der Waals surface area contributed by atoms with Crippen molar-refractivity contribution in [2.75, 3.05) is 6.61 Å². The molecule has 0 aliphatic heterocycles. The molecular formula is C15H11Cl2FO3. The van der Waals surface area contributed by atoms with E-state index in [1.165, 1.54) is 12.1 Å². The van der Waals surface area contributed by atoms with Crippen LogP contribution in [0.25, 0.3) is 0 Å². The van der Waals surface area contributed by atoms with Gasteiger partial charge in [0.2, 0.25) is 0 Å². The van der Waals surface area contributed by atoms with E-state index in [-0.39, 0.29) is 5.56 Å². The van der Waals surface area contributed by atoms with Crippen molar-refractivity contribution < 1.29 is 19.0 Å². The highest BCUT2D eigenvalue weighted by Gasteiger charge is 2.07. The number of carbonyl (C=O) groups excluding carboxylic acids is 1. The zero-order chi connectivity index (χ0) is 15.2. The van der Waals surface area contributed by atoms with Crippen LogP contribution in [0.2, 0.25) is 10.0 Å². The molecule has 0 fully saturated rings. The molecule has 6 heteroatoms. The molecule has 0 saturated heterocycles. The van der Waals surface area contributed by atoms with Gasteiger partial charge in [0.05, 0.1) is 17.2 Å². The third-order valence-corrected chi connectivity index (χ3v) is 3.35. The molecule has 0 saturated carbocycles. The highest BCUT2D eigenvalue weighted by atomic mass is 35.5. The van der Waals surface area contributed by atoms with Gasteiger partial charge in [-0.2, -0.15) is 0 Å². The second-order valence-electron chi connectivity index (χ2n) is 4.23. The summed E-state index contributed by atoms with van der Waals surface area (Å²) >= 11 is 11.8. The van der Waals surface area contributed by atoms with Gasteiger partial charge in [0.25, 0.3) is 0 Å². The van der Waals surface area contributed by atoms with Crippen molar-refractivity contribution in [3.05, 3.63) is 63.6 Å². The van der Waals surface area contributed by atoms with Gasteiger partial charge >= 0.3 is 5.97 Å². The Bertz CT molecular complexity index is 629. The van der Waals surface area contributed by atoms with Gasteiger partial charge < -0.3 is 4.74 Å². The van der Waals surface area contributed by atoms with Crippen LogP contribution in [0.3, 0.4) is 0 Å². The van der Waals surface area contributed by atoms with Crippen molar-refractivity contribution in [2.45, 2.75) is 6.42 Å². The highest BCUT2D eigenvalue weighted by Crippen LogP contribution is 2.27. The molecule has 2 aromatic rings. The van der Waals surface area contributed by atoms with Crippen LogP contribution in [0, 0.1) is 0 Å². The number of rotatable bonds is 5. The van der Waals surface area contributed by atoms with Crippen LogP contribution in [0.1, 0.15) is 15.9 Å². The van der Waals surface area contributed by atoms with Crippen LogP contribution in [0.5, 0.6) is 5.75 Å². The number of ether oxygens (including phenoxy) is 1. The van der Waals surface area contributed by atoms with Crippen LogP contribution >= 0.6 is 23.2 Å². The Kier molecular flexibility index (Phi) is 5.42. The zero-order valence-electron chi connectivity index (χ0n) is 10.8. The van der Waals surface area contributed by atoms with Gasteiger partial charge in [0.15, 0.2) is 0 Å². The van der Waals surface area contributed by atoms with Crippen molar-refractivity contribution in [3.63, 3.8) is 0 Å². The minimum absolute atomic E-state index is 0.153. The number of halogens is 3. The lowest BCUT2D eigenvalue weighted by Gasteiger charge is -2.08. The minimum Gasteiger partial charge on any atom is -0.492 e. The fourth-order valence-corrected chi connectivity index (χ4v) is 2.05. The summed E-state index contributed by atoms with van der Waals surface area (Å²) < 4.78 is 17.3. The first-order valence-corrected chi connectivity index (χ1v) is 6.85. The van der Waals surface area contributed by atoms with Crippen molar-refractivity contribution in [1.29, 1.82) is 0 Å². The Balaban J connectivity index is 1.91. The summed E-state index contributed by atoms with van der Waals surface area (Å²) in [6.07, 6.45) is 0.605. The molecular weight excluding hydrogens is 318 g/mol. The highest BCUT2D eigenvalue weighted by molar-refractivity contribution is 6.34. The lowest BCUT2D eigenvalue weighted by molar-refractivity contribution is -0.0788. The summed E-state index contributed by atoms with van der Waals surface area (Å²) in [5, 5.41) is 1.03. The van der Waals surface area contributed by atoms with Gasteiger partial charge in [-0.15, -0.1) is 0 Å². The number of benzene rings is 2. The van der Waals surface area contributed by atoms with Crippen LogP contribution < -0.4 is 4.74 Å². The first-order chi connectivity index (χ1) is 10.1. The molecule has 0 aliphatic carbocycles. The summed E-state index contributed by atoms with van der Waals surface area (Å²) in [4.78, 5) is 14.1. The van der Waals surface area contributed by atoms with Crippen LogP contribution in [0.15, 0.2) is 42.5 Å². The fraction of sp³-hybridized carbons (Fsp3) is 0.133. The minimum atomic E-state index is -1.01. The molecule has 21 heavy (non-hydrogen) atoms. The topological polar surface area (TPSA) is 35.5 Å². The van der Waals surface area contributed by atoms with E-state index in [9.17, 15) is 9.32 Å². The molecule has 2 rings (SSSR count). The van der Waals surface area contributed by atoms with E-state index < -0.39 is 5.97 Å². The first kappa shape index (κ1) is 15.6. The summed E-state index contributed by atoms with van der Waals surface area (Å²) in [5.74, 6) is -0.495. The molecule has 0 unspecified atom stereocenters. The molecule has 0 spiro atoms. The van der Waals surface area contributed by atoms with Gasteiger partial charge in [-0.1, -0.05) is 35.3 Å². The smallest absolute Gasteiger partial charge is 0.379 e. The quantitative estimate of drug-likeness (QED) is 0.800. The average Bonchev–Trinajstić information content (AvgIpc) is 2.50. The van der Waals surface area contributed by atoms with E-state index in [0.717, 1.165) is 5.56 Å². The summed E-state index contributed by atoms with van der Waals surface area (Å²) in [7, 11) is 0. The number of carbonyl (C=O) groups is 1. The molecule has 3 nitrogen and oxygen atoms in total. The van der Waals surface area contributed by atoms with E-state index in [1.54, 1.807) is 30.3 Å². The second-order valence-corrected chi connectivity index (χ2v) is 5.08. The third-order valence-electron chi connectivity index (χ3n) is 2.80. The Morgan fingerprint density at radius 3 is 2.48 bits per heavy atom. The largest absolute Gasteiger partial charge is 0.492 e. The third kappa shape index (κ3) is 4.34. The predicted molar refractivity (Wildman–Crippen MR) is 78.6 cm³/mol. The van der Waals surface area contributed by atoms with Gasteiger partial charge in [0.1, 0.15) is 5.75 Å². The monoisotopic (exact) mass is 328 g/mol. The molecule has 0 heterocycles. The molecule has 0 atom stereocenters.